The number of carbonyl (C=O) groups is 3. The number of hydrogen-bond acceptors (Lipinski definition) is 9. The summed E-state index contributed by atoms with van der Waals surface area (Å²) >= 11 is 1.07. The van der Waals surface area contributed by atoms with E-state index in [-0.39, 0.29) is 42.1 Å². The van der Waals surface area contributed by atoms with Crippen LogP contribution in [0.4, 0.5) is 0 Å². The standard InChI is InChI=1S/C31H36N4O8S2/c1-34-19-28(36)33-24-12-13-35(30(38)17-32-45(39,40)31-7-4-14-44-31)18-27(24)42-20-22-5-3-6-23(15-22)43-25-10-8-21(9-11-29(34)37)16-26(25)41-2/h3-8,10,14-16,24,27,32H,9,11-13,17-20H2,1-2H3,(H,33,36)/t24-,27-/m0/s1. The normalized spacial score (nSPS) is 19.9. The monoisotopic (exact) mass is 656 g/mol. The highest BCUT2D eigenvalue weighted by atomic mass is 32.2. The molecule has 0 aliphatic carbocycles. The van der Waals surface area contributed by atoms with E-state index < -0.39 is 34.6 Å². The molecule has 2 aromatic carbocycles. The number of aryl methyl sites for hydroxylation is 1. The molecule has 14 heteroatoms. The maximum Gasteiger partial charge on any atom is 0.250 e. The Bertz CT molecular complexity index is 1630. The summed E-state index contributed by atoms with van der Waals surface area (Å²) in [5, 5.41) is 4.64. The van der Waals surface area contributed by atoms with Gasteiger partial charge in [0, 0.05) is 26.6 Å². The van der Waals surface area contributed by atoms with E-state index in [4.69, 9.17) is 14.2 Å². The van der Waals surface area contributed by atoms with Crippen LogP contribution in [0.5, 0.6) is 17.2 Å². The molecule has 240 valence electrons. The summed E-state index contributed by atoms with van der Waals surface area (Å²) in [6.07, 6.45) is 0.454. The Morgan fingerprint density at radius 1 is 1.11 bits per heavy atom. The molecular weight excluding hydrogens is 620 g/mol. The summed E-state index contributed by atoms with van der Waals surface area (Å²) in [5.74, 6) is 0.690. The number of methoxy groups -OCH3 is 1. The fourth-order valence-electron chi connectivity index (χ4n) is 5.21. The molecular formula is C31H36N4O8S2. The third-order valence-electron chi connectivity index (χ3n) is 7.68. The first-order valence-corrected chi connectivity index (χ1v) is 16.9. The Hall–Kier alpha value is -3.98. The fraction of sp³-hybridized carbons (Fsp3) is 0.387. The number of ether oxygens (including phenoxy) is 3. The van der Waals surface area contributed by atoms with Crippen molar-refractivity contribution in [3.63, 3.8) is 0 Å². The van der Waals surface area contributed by atoms with Crippen LogP contribution in [-0.2, 0) is 42.2 Å². The van der Waals surface area contributed by atoms with Gasteiger partial charge in [-0.2, -0.15) is 0 Å². The topological polar surface area (TPSA) is 144 Å². The van der Waals surface area contributed by atoms with E-state index in [2.05, 4.69) is 10.0 Å². The second-order valence-electron chi connectivity index (χ2n) is 10.9. The average molecular weight is 657 g/mol. The zero-order valence-electron chi connectivity index (χ0n) is 25.1. The lowest BCUT2D eigenvalue weighted by atomic mass is 10.0. The van der Waals surface area contributed by atoms with E-state index in [1.54, 1.807) is 31.7 Å². The molecule has 2 N–H and O–H groups in total. The number of piperidine rings is 1. The van der Waals surface area contributed by atoms with Gasteiger partial charge in [0.15, 0.2) is 11.5 Å². The SMILES string of the molecule is COc1cc2ccc1Oc1cccc(c1)CO[C@H]1CN(C(=O)CNS(=O)(=O)c3cccs3)CC[C@@H]1NC(=O)CN(C)C(=O)CC2. The van der Waals surface area contributed by atoms with Crippen molar-refractivity contribution in [2.75, 3.05) is 40.3 Å². The molecule has 3 aliphatic rings. The maximum atomic E-state index is 13.1. The largest absolute Gasteiger partial charge is 0.493 e. The van der Waals surface area contributed by atoms with Crippen molar-refractivity contribution in [2.24, 2.45) is 0 Å². The molecule has 4 bridgehead atoms. The van der Waals surface area contributed by atoms with Crippen LogP contribution in [0.15, 0.2) is 64.2 Å². The van der Waals surface area contributed by atoms with E-state index in [0.29, 0.717) is 36.6 Å². The number of nitrogens with zero attached hydrogens (tertiary/aromatic N) is 2. The second-order valence-corrected chi connectivity index (χ2v) is 13.8. The smallest absolute Gasteiger partial charge is 0.250 e. The second kappa shape index (κ2) is 14.4. The number of thiophene rings is 1. The van der Waals surface area contributed by atoms with Crippen LogP contribution in [0.25, 0.3) is 0 Å². The molecule has 12 nitrogen and oxygen atoms in total. The number of amides is 3. The van der Waals surface area contributed by atoms with Crippen molar-refractivity contribution in [3.05, 3.63) is 71.1 Å². The van der Waals surface area contributed by atoms with E-state index in [1.807, 2.05) is 36.4 Å². The highest BCUT2D eigenvalue weighted by Gasteiger charge is 2.34. The third kappa shape index (κ3) is 8.39. The van der Waals surface area contributed by atoms with Crippen LogP contribution in [0.3, 0.4) is 0 Å². The molecule has 3 amide bonds. The zero-order valence-corrected chi connectivity index (χ0v) is 26.7. The molecule has 1 saturated heterocycles. The van der Waals surface area contributed by atoms with Crippen LogP contribution in [0.1, 0.15) is 24.0 Å². The predicted octanol–water partition coefficient (Wildman–Crippen LogP) is 2.53. The first kappa shape index (κ1) is 32.4. The van der Waals surface area contributed by atoms with Crippen molar-refractivity contribution in [1.82, 2.24) is 19.8 Å². The third-order valence-corrected chi connectivity index (χ3v) is 10.5. The summed E-state index contributed by atoms with van der Waals surface area (Å²) in [4.78, 5) is 41.9. The van der Waals surface area contributed by atoms with Gasteiger partial charge in [0.25, 0.3) is 10.0 Å². The molecule has 1 aromatic heterocycles. The Balaban J connectivity index is 1.34. The van der Waals surface area contributed by atoms with E-state index in [1.165, 1.54) is 15.9 Å². The minimum absolute atomic E-state index is 0.129. The predicted molar refractivity (Wildman–Crippen MR) is 167 cm³/mol. The average Bonchev–Trinajstić information content (AvgIpc) is 3.59. The molecule has 2 atom stereocenters. The lowest BCUT2D eigenvalue weighted by Gasteiger charge is -2.39. The van der Waals surface area contributed by atoms with Crippen LogP contribution >= 0.6 is 11.3 Å². The highest BCUT2D eigenvalue weighted by molar-refractivity contribution is 7.91. The molecule has 6 rings (SSSR count). The number of benzene rings is 2. The number of hydrogen-bond donors (Lipinski definition) is 2. The number of carbonyl (C=O) groups excluding carboxylic acids is 3. The molecule has 3 aromatic rings. The quantitative estimate of drug-likeness (QED) is 0.427. The molecule has 4 heterocycles. The van der Waals surface area contributed by atoms with Gasteiger partial charge in [-0.25, -0.2) is 13.1 Å². The maximum absolute atomic E-state index is 13.1. The molecule has 0 radical (unpaired) electrons. The van der Waals surface area contributed by atoms with Gasteiger partial charge in [-0.3, -0.25) is 14.4 Å². The Morgan fingerprint density at radius 3 is 2.73 bits per heavy atom. The van der Waals surface area contributed by atoms with E-state index in [9.17, 15) is 22.8 Å². The van der Waals surface area contributed by atoms with Gasteiger partial charge in [-0.15, -0.1) is 11.3 Å². The summed E-state index contributed by atoms with van der Waals surface area (Å²) in [7, 11) is -0.669. The lowest BCUT2D eigenvalue weighted by molar-refractivity contribution is -0.138. The lowest BCUT2D eigenvalue weighted by Crippen LogP contribution is -2.58. The van der Waals surface area contributed by atoms with Gasteiger partial charge in [0.1, 0.15) is 9.96 Å². The number of rotatable bonds is 5. The molecule has 0 saturated carbocycles. The number of sulfonamides is 1. The van der Waals surface area contributed by atoms with Crippen molar-refractivity contribution in [1.29, 1.82) is 0 Å². The van der Waals surface area contributed by atoms with Crippen molar-refractivity contribution >= 4 is 39.1 Å². The van der Waals surface area contributed by atoms with Crippen molar-refractivity contribution in [3.8, 4) is 17.2 Å². The highest BCUT2D eigenvalue weighted by Crippen LogP contribution is 2.33. The van der Waals surface area contributed by atoms with Gasteiger partial charge in [-0.05, 0) is 59.7 Å². The molecule has 3 aliphatic heterocycles. The van der Waals surface area contributed by atoms with Gasteiger partial charge >= 0.3 is 0 Å². The fourth-order valence-corrected chi connectivity index (χ4v) is 7.22. The summed E-state index contributed by atoms with van der Waals surface area (Å²) in [6, 6.07) is 15.6. The molecule has 0 spiro atoms. The zero-order chi connectivity index (χ0) is 32.0. The molecule has 45 heavy (non-hydrogen) atoms. The number of likely N-dealkylation sites (N-methyl/N-ethyl adjacent to an activating group) is 1. The van der Waals surface area contributed by atoms with Gasteiger partial charge in [0.2, 0.25) is 17.7 Å². The minimum Gasteiger partial charge on any atom is -0.493 e. The van der Waals surface area contributed by atoms with Crippen LogP contribution in [-0.4, -0.2) is 88.4 Å². The van der Waals surface area contributed by atoms with E-state index >= 15 is 0 Å². The van der Waals surface area contributed by atoms with Crippen molar-refractivity contribution < 1.29 is 37.0 Å². The first-order chi connectivity index (χ1) is 21.6. The van der Waals surface area contributed by atoms with Gasteiger partial charge < -0.3 is 29.3 Å². The van der Waals surface area contributed by atoms with Crippen LogP contribution in [0.2, 0.25) is 0 Å². The molecule has 0 unspecified atom stereocenters. The molecule has 1 fully saturated rings. The van der Waals surface area contributed by atoms with Gasteiger partial charge in [-0.1, -0.05) is 24.3 Å². The van der Waals surface area contributed by atoms with E-state index in [0.717, 1.165) is 22.5 Å². The number of likely N-dealkylation sites (tertiary alicyclic amines) is 1. The summed E-state index contributed by atoms with van der Waals surface area (Å²) in [6.45, 7) is 0.0595. The number of nitrogens with one attached hydrogen (secondary N) is 2. The Kier molecular flexibility index (Phi) is 10.4. The van der Waals surface area contributed by atoms with Crippen LogP contribution in [0, 0.1) is 0 Å². The van der Waals surface area contributed by atoms with Crippen LogP contribution < -0.4 is 19.5 Å². The minimum atomic E-state index is -3.81. The summed E-state index contributed by atoms with van der Waals surface area (Å²) < 4.78 is 45.5. The Morgan fingerprint density at radius 2 is 1.96 bits per heavy atom. The van der Waals surface area contributed by atoms with Gasteiger partial charge in [0.05, 0.1) is 39.0 Å². The Labute approximate surface area is 266 Å². The van der Waals surface area contributed by atoms with Crippen molar-refractivity contribution in [2.45, 2.75) is 42.2 Å². The summed E-state index contributed by atoms with van der Waals surface area (Å²) in [5.41, 5.74) is 1.71. The number of fused-ring (bicyclic) bond motifs is 9. The first-order valence-electron chi connectivity index (χ1n) is 14.5.